The highest BCUT2D eigenvalue weighted by molar-refractivity contribution is 5.19. The number of rotatable bonds is 9. The van der Waals surface area contributed by atoms with Crippen LogP contribution in [0.15, 0.2) is 54.6 Å². The van der Waals surface area contributed by atoms with E-state index in [2.05, 4.69) is 29.6 Å². The highest BCUT2D eigenvalue weighted by Gasteiger charge is 2.11. The van der Waals surface area contributed by atoms with Crippen molar-refractivity contribution in [2.75, 3.05) is 26.8 Å². The van der Waals surface area contributed by atoms with Crippen molar-refractivity contribution in [2.24, 2.45) is 5.92 Å². The second-order valence-corrected chi connectivity index (χ2v) is 5.59. The first-order valence-electron chi connectivity index (χ1n) is 7.76. The third-order valence-corrected chi connectivity index (χ3v) is 3.70. The smallest absolute Gasteiger partial charge is 0.123 e. The van der Waals surface area contributed by atoms with Crippen molar-refractivity contribution in [1.29, 1.82) is 0 Å². The molecule has 1 N–H and O–H groups in total. The molecule has 0 saturated carbocycles. The summed E-state index contributed by atoms with van der Waals surface area (Å²) in [6, 6.07) is 17.3. The van der Waals surface area contributed by atoms with E-state index in [0.29, 0.717) is 12.5 Å². The summed E-state index contributed by atoms with van der Waals surface area (Å²) < 4.78 is 18.4. The van der Waals surface area contributed by atoms with E-state index in [-0.39, 0.29) is 5.82 Å². The lowest BCUT2D eigenvalue weighted by molar-refractivity contribution is 0.197. The van der Waals surface area contributed by atoms with Crippen molar-refractivity contribution in [3.63, 3.8) is 0 Å². The van der Waals surface area contributed by atoms with Gasteiger partial charge in [0.1, 0.15) is 5.82 Å². The average molecular weight is 301 g/mol. The second-order valence-electron chi connectivity index (χ2n) is 5.59. The minimum absolute atomic E-state index is 0.164. The van der Waals surface area contributed by atoms with Crippen LogP contribution >= 0.6 is 0 Å². The molecular weight excluding hydrogens is 277 g/mol. The van der Waals surface area contributed by atoms with Gasteiger partial charge in [-0.25, -0.2) is 4.39 Å². The number of halogens is 1. The largest absolute Gasteiger partial charge is 0.383 e. The molecule has 0 aliphatic heterocycles. The SMILES string of the molecule is COCCNCC(Cc1ccccc1)Cc1cccc(F)c1. The zero-order valence-corrected chi connectivity index (χ0v) is 13.1. The molecule has 2 nitrogen and oxygen atoms in total. The van der Waals surface area contributed by atoms with Gasteiger partial charge in [-0.15, -0.1) is 0 Å². The van der Waals surface area contributed by atoms with Gasteiger partial charge in [0.15, 0.2) is 0 Å². The van der Waals surface area contributed by atoms with Crippen molar-refractivity contribution < 1.29 is 9.13 Å². The maximum atomic E-state index is 13.4. The normalized spacial score (nSPS) is 12.3. The number of hydrogen-bond donors (Lipinski definition) is 1. The fourth-order valence-electron chi connectivity index (χ4n) is 2.64. The van der Waals surface area contributed by atoms with E-state index in [1.807, 2.05) is 12.1 Å². The molecule has 0 aliphatic carbocycles. The summed E-state index contributed by atoms with van der Waals surface area (Å²) >= 11 is 0. The Kier molecular flexibility index (Phi) is 7.07. The maximum Gasteiger partial charge on any atom is 0.123 e. The molecule has 118 valence electrons. The first-order valence-corrected chi connectivity index (χ1v) is 7.76. The van der Waals surface area contributed by atoms with Gasteiger partial charge in [-0.05, 0) is 48.6 Å². The Bertz CT molecular complexity index is 544. The van der Waals surface area contributed by atoms with Crippen molar-refractivity contribution in [3.05, 3.63) is 71.5 Å². The summed E-state index contributed by atoms with van der Waals surface area (Å²) in [5, 5.41) is 3.42. The van der Waals surface area contributed by atoms with E-state index in [9.17, 15) is 4.39 Å². The van der Waals surface area contributed by atoms with Crippen LogP contribution in [-0.4, -0.2) is 26.8 Å². The Labute approximate surface area is 132 Å². The Morgan fingerprint density at radius 3 is 2.45 bits per heavy atom. The van der Waals surface area contributed by atoms with Gasteiger partial charge >= 0.3 is 0 Å². The monoisotopic (exact) mass is 301 g/mol. The first kappa shape index (κ1) is 16.7. The predicted molar refractivity (Wildman–Crippen MR) is 88.5 cm³/mol. The molecular formula is C19H24FNO. The van der Waals surface area contributed by atoms with Gasteiger partial charge in [-0.2, -0.15) is 0 Å². The Morgan fingerprint density at radius 2 is 1.73 bits per heavy atom. The van der Waals surface area contributed by atoms with Crippen molar-refractivity contribution in [2.45, 2.75) is 12.8 Å². The fraction of sp³-hybridized carbons (Fsp3) is 0.368. The van der Waals surface area contributed by atoms with E-state index in [1.54, 1.807) is 19.2 Å². The molecule has 1 unspecified atom stereocenters. The molecule has 0 fully saturated rings. The van der Waals surface area contributed by atoms with Crippen LogP contribution in [0.2, 0.25) is 0 Å². The molecule has 2 rings (SSSR count). The van der Waals surface area contributed by atoms with Gasteiger partial charge in [0, 0.05) is 13.7 Å². The van der Waals surface area contributed by atoms with Crippen molar-refractivity contribution in [1.82, 2.24) is 5.32 Å². The molecule has 3 heteroatoms. The predicted octanol–water partition coefficient (Wildman–Crippen LogP) is 3.46. The molecule has 22 heavy (non-hydrogen) atoms. The minimum atomic E-state index is -0.164. The third kappa shape index (κ3) is 5.96. The van der Waals surface area contributed by atoms with Gasteiger partial charge < -0.3 is 10.1 Å². The summed E-state index contributed by atoms with van der Waals surface area (Å²) in [6.45, 7) is 2.44. The third-order valence-electron chi connectivity index (χ3n) is 3.70. The molecule has 0 aromatic heterocycles. The summed E-state index contributed by atoms with van der Waals surface area (Å²) in [6.07, 6.45) is 1.85. The molecule has 0 radical (unpaired) electrons. The molecule has 0 saturated heterocycles. The number of nitrogens with one attached hydrogen (secondary N) is 1. The van der Waals surface area contributed by atoms with Gasteiger partial charge in [-0.3, -0.25) is 0 Å². The van der Waals surface area contributed by atoms with Crippen LogP contribution < -0.4 is 5.32 Å². The number of benzene rings is 2. The maximum absolute atomic E-state index is 13.4. The average Bonchev–Trinajstić information content (AvgIpc) is 2.52. The first-order chi connectivity index (χ1) is 10.8. The standard InChI is InChI=1S/C19H24FNO/c1-22-11-10-21-15-18(12-16-6-3-2-4-7-16)13-17-8-5-9-19(20)14-17/h2-9,14,18,21H,10-13,15H2,1H3. The van der Waals surface area contributed by atoms with E-state index in [4.69, 9.17) is 4.74 Å². The summed E-state index contributed by atoms with van der Waals surface area (Å²) in [4.78, 5) is 0. The number of hydrogen-bond acceptors (Lipinski definition) is 2. The Morgan fingerprint density at radius 1 is 1.00 bits per heavy atom. The lowest BCUT2D eigenvalue weighted by Crippen LogP contribution is -2.28. The molecule has 0 heterocycles. The van der Waals surface area contributed by atoms with Crippen LogP contribution in [0.3, 0.4) is 0 Å². The zero-order chi connectivity index (χ0) is 15.6. The Balaban J connectivity index is 1.97. The highest BCUT2D eigenvalue weighted by Crippen LogP contribution is 2.15. The van der Waals surface area contributed by atoms with Crippen LogP contribution in [0.5, 0.6) is 0 Å². The molecule has 1 atom stereocenters. The fourth-order valence-corrected chi connectivity index (χ4v) is 2.64. The van der Waals surface area contributed by atoms with Gasteiger partial charge in [0.25, 0.3) is 0 Å². The second kappa shape index (κ2) is 9.34. The summed E-state index contributed by atoms with van der Waals surface area (Å²) in [5.41, 5.74) is 2.37. The van der Waals surface area contributed by atoms with Gasteiger partial charge in [0.05, 0.1) is 6.61 Å². The zero-order valence-electron chi connectivity index (χ0n) is 13.1. The van der Waals surface area contributed by atoms with E-state index in [1.165, 1.54) is 11.6 Å². The van der Waals surface area contributed by atoms with E-state index in [0.717, 1.165) is 31.5 Å². The van der Waals surface area contributed by atoms with Crippen LogP contribution in [-0.2, 0) is 17.6 Å². The van der Waals surface area contributed by atoms with E-state index >= 15 is 0 Å². The lowest BCUT2D eigenvalue weighted by atomic mass is 9.92. The lowest BCUT2D eigenvalue weighted by Gasteiger charge is -2.18. The van der Waals surface area contributed by atoms with Gasteiger partial charge in [-0.1, -0.05) is 42.5 Å². The van der Waals surface area contributed by atoms with Gasteiger partial charge in [0.2, 0.25) is 0 Å². The molecule has 0 bridgehead atoms. The summed E-state index contributed by atoms with van der Waals surface area (Å²) in [5.74, 6) is 0.268. The molecule has 2 aromatic carbocycles. The minimum Gasteiger partial charge on any atom is -0.383 e. The number of ether oxygens (including phenoxy) is 1. The van der Waals surface area contributed by atoms with Crippen LogP contribution in [0, 0.1) is 11.7 Å². The van der Waals surface area contributed by atoms with Crippen molar-refractivity contribution in [3.8, 4) is 0 Å². The molecule has 0 aliphatic rings. The molecule has 2 aromatic rings. The van der Waals surface area contributed by atoms with Crippen molar-refractivity contribution >= 4 is 0 Å². The topological polar surface area (TPSA) is 21.3 Å². The Hall–Kier alpha value is -1.71. The van der Waals surface area contributed by atoms with Crippen LogP contribution in [0.1, 0.15) is 11.1 Å². The van der Waals surface area contributed by atoms with Crippen LogP contribution in [0.4, 0.5) is 4.39 Å². The molecule has 0 amide bonds. The quantitative estimate of drug-likeness (QED) is 0.716. The summed E-state index contributed by atoms with van der Waals surface area (Å²) in [7, 11) is 1.70. The number of methoxy groups -OCH3 is 1. The van der Waals surface area contributed by atoms with E-state index < -0.39 is 0 Å². The molecule has 0 spiro atoms. The highest BCUT2D eigenvalue weighted by atomic mass is 19.1. The van der Waals surface area contributed by atoms with Crippen LogP contribution in [0.25, 0.3) is 0 Å².